The van der Waals surface area contributed by atoms with E-state index in [1.54, 1.807) is 38.2 Å². The van der Waals surface area contributed by atoms with E-state index in [1.165, 1.54) is 4.90 Å². The molecule has 0 aromatic heterocycles. The Labute approximate surface area is 142 Å². The van der Waals surface area contributed by atoms with Crippen molar-refractivity contribution in [3.8, 4) is 0 Å². The predicted octanol–water partition coefficient (Wildman–Crippen LogP) is 2.14. The number of benzene rings is 1. The van der Waals surface area contributed by atoms with E-state index in [9.17, 15) is 14.4 Å². The lowest BCUT2D eigenvalue weighted by atomic mass is 9.95. The van der Waals surface area contributed by atoms with Gasteiger partial charge in [-0.05, 0) is 17.7 Å². The van der Waals surface area contributed by atoms with Gasteiger partial charge in [0.2, 0.25) is 5.91 Å². The largest absolute Gasteiger partial charge is 0.481 e. The van der Waals surface area contributed by atoms with Crippen molar-refractivity contribution in [2.75, 3.05) is 13.6 Å². The molecular weight excluding hydrogens is 308 g/mol. The van der Waals surface area contributed by atoms with Crippen LogP contribution in [0.1, 0.15) is 43.6 Å². The molecule has 0 aliphatic heterocycles. The third kappa shape index (κ3) is 5.68. The zero-order valence-electron chi connectivity index (χ0n) is 14.9. The third-order valence-corrected chi connectivity index (χ3v) is 3.65. The molecule has 0 aliphatic rings. The van der Waals surface area contributed by atoms with Gasteiger partial charge in [-0.25, -0.2) is 0 Å². The van der Waals surface area contributed by atoms with Crippen LogP contribution in [0.3, 0.4) is 0 Å². The van der Waals surface area contributed by atoms with Crippen LogP contribution in [0.5, 0.6) is 0 Å². The van der Waals surface area contributed by atoms with Crippen molar-refractivity contribution in [1.29, 1.82) is 0 Å². The second kappa shape index (κ2) is 7.95. The topological polar surface area (TPSA) is 86.7 Å². The van der Waals surface area contributed by atoms with E-state index in [4.69, 9.17) is 5.11 Å². The molecule has 1 aromatic carbocycles. The van der Waals surface area contributed by atoms with Crippen molar-refractivity contribution in [3.05, 3.63) is 35.4 Å². The fourth-order valence-corrected chi connectivity index (χ4v) is 2.00. The summed E-state index contributed by atoms with van der Waals surface area (Å²) < 4.78 is 0. The van der Waals surface area contributed by atoms with Crippen molar-refractivity contribution < 1.29 is 19.5 Å². The molecule has 0 saturated heterocycles. The molecule has 1 rings (SSSR count). The van der Waals surface area contributed by atoms with Gasteiger partial charge in [0.25, 0.3) is 5.91 Å². The SMILES string of the molecule is CC(CN(C)C(=O)c1ccc(CNC(=O)C(C)(C)C)cc1)C(=O)O. The van der Waals surface area contributed by atoms with Gasteiger partial charge in [-0.15, -0.1) is 0 Å². The van der Waals surface area contributed by atoms with Crippen LogP contribution in [-0.4, -0.2) is 41.4 Å². The van der Waals surface area contributed by atoms with Crippen LogP contribution < -0.4 is 5.32 Å². The summed E-state index contributed by atoms with van der Waals surface area (Å²) >= 11 is 0. The molecule has 1 unspecified atom stereocenters. The molecule has 6 heteroatoms. The average molecular weight is 334 g/mol. The molecule has 0 bridgehead atoms. The van der Waals surface area contributed by atoms with Gasteiger partial charge in [-0.2, -0.15) is 0 Å². The van der Waals surface area contributed by atoms with E-state index in [0.717, 1.165) is 5.56 Å². The number of carbonyl (C=O) groups excluding carboxylic acids is 2. The molecule has 0 heterocycles. The molecule has 132 valence electrons. The summed E-state index contributed by atoms with van der Waals surface area (Å²) in [7, 11) is 1.58. The van der Waals surface area contributed by atoms with Crippen molar-refractivity contribution in [3.63, 3.8) is 0 Å². The number of rotatable bonds is 6. The van der Waals surface area contributed by atoms with E-state index in [1.807, 2.05) is 20.8 Å². The lowest BCUT2D eigenvalue weighted by molar-refractivity contribution is -0.141. The number of hydrogen-bond acceptors (Lipinski definition) is 3. The van der Waals surface area contributed by atoms with Gasteiger partial charge < -0.3 is 15.3 Å². The van der Waals surface area contributed by atoms with Gasteiger partial charge in [0, 0.05) is 31.1 Å². The number of carboxylic acids is 1. The fraction of sp³-hybridized carbons (Fsp3) is 0.500. The van der Waals surface area contributed by atoms with Crippen LogP contribution in [-0.2, 0) is 16.1 Å². The first-order valence-corrected chi connectivity index (χ1v) is 7.88. The summed E-state index contributed by atoms with van der Waals surface area (Å²) in [6, 6.07) is 6.93. The summed E-state index contributed by atoms with van der Waals surface area (Å²) in [5, 5.41) is 11.8. The van der Waals surface area contributed by atoms with Gasteiger partial charge in [0.15, 0.2) is 0 Å². The summed E-state index contributed by atoms with van der Waals surface area (Å²) in [4.78, 5) is 36.4. The number of carboxylic acid groups (broad SMARTS) is 1. The van der Waals surface area contributed by atoms with E-state index in [-0.39, 0.29) is 18.4 Å². The molecule has 0 radical (unpaired) electrons. The normalized spacial score (nSPS) is 12.4. The van der Waals surface area contributed by atoms with Gasteiger partial charge in [0.1, 0.15) is 0 Å². The number of nitrogens with zero attached hydrogens (tertiary/aromatic N) is 1. The quantitative estimate of drug-likeness (QED) is 0.834. The van der Waals surface area contributed by atoms with Crippen LogP contribution in [0.25, 0.3) is 0 Å². The van der Waals surface area contributed by atoms with Crippen LogP contribution in [0.15, 0.2) is 24.3 Å². The molecule has 24 heavy (non-hydrogen) atoms. The summed E-state index contributed by atoms with van der Waals surface area (Å²) in [6.45, 7) is 7.65. The van der Waals surface area contributed by atoms with Gasteiger partial charge in [-0.1, -0.05) is 39.8 Å². The van der Waals surface area contributed by atoms with Gasteiger partial charge in [0.05, 0.1) is 5.92 Å². The maximum absolute atomic E-state index is 12.3. The lowest BCUT2D eigenvalue weighted by Gasteiger charge is -2.20. The van der Waals surface area contributed by atoms with Crippen LogP contribution in [0, 0.1) is 11.3 Å². The lowest BCUT2D eigenvalue weighted by Crippen LogP contribution is -2.34. The Morgan fingerprint density at radius 2 is 1.71 bits per heavy atom. The number of amides is 2. The van der Waals surface area contributed by atoms with Crippen molar-refractivity contribution >= 4 is 17.8 Å². The maximum Gasteiger partial charge on any atom is 0.308 e. The minimum Gasteiger partial charge on any atom is -0.481 e. The number of carbonyl (C=O) groups is 3. The standard InChI is InChI=1S/C18H26N2O4/c1-12(16(22)23)11-20(5)15(21)14-8-6-13(7-9-14)10-19-17(24)18(2,3)4/h6-9,12H,10-11H2,1-5H3,(H,19,24)(H,22,23). The highest BCUT2D eigenvalue weighted by Gasteiger charge is 2.21. The maximum atomic E-state index is 12.3. The highest BCUT2D eigenvalue weighted by molar-refractivity contribution is 5.94. The molecule has 2 amide bonds. The van der Waals surface area contributed by atoms with Gasteiger partial charge in [-0.3, -0.25) is 14.4 Å². The Bertz CT molecular complexity index is 602. The summed E-state index contributed by atoms with van der Waals surface area (Å²) in [5.74, 6) is -1.82. The highest BCUT2D eigenvalue weighted by Crippen LogP contribution is 2.13. The average Bonchev–Trinajstić information content (AvgIpc) is 2.51. The van der Waals surface area contributed by atoms with E-state index in [2.05, 4.69) is 5.32 Å². The zero-order chi connectivity index (χ0) is 18.5. The monoisotopic (exact) mass is 334 g/mol. The molecule has 0 aliphatic carbocycles. The van der Waals surface area contributed by atoms with Crippen LogP contribution in [0.4, 0.5) is 0 Å². The van der Waals surface area contributed by atoms with Crippen LogP contribution >= 0.6 is 0 Å². The minimum atomic E-state index is -0.931. The molecule has 0 spiro atoms. The first kappa shape index (κ1) is 19.7. The number of nitrogens with one attached hydrogen (secondary N) is 1. The molecule has 1 aromatic rings. The first-order chi connectivity index (χ1) is 11.0. The highest BCUT2D eigenvalue weighted by atomic mass is 16.4. The zero-order valence-corrected chi connectivity index (χ0v) is 14.9. The second-order valence-electron chi connectivity index (χ2n) is 7.05. The molecule has 2 N–H and O–H groups in total. The Morgan fingerprint density at radius 1 is 1.17 bits per heavy atom. The Hall–Kier alpha value is -2.37. The molecular formula is C18H26N2O4. The minimum absolute atomic E-state index is 0.0370. The second-order valence-corrected chi connectivity index (χ2v) is 7.05. The molecule has 6 nitrogen and oxygen atoms in total. The third-order valence-electron chi connectivity index (χ3n) is 3.65. The van der Waals surface area contributed by atoms with E-state index in [0.29, 0.717) is 12.1 Å². The van der Waals surface area contributed by atoms with E-state index >= 15 is 0 Å². The van der Waals surface area contributed by atoms with Crippen LogP contribution in [0.2, 0.25) is 0 Å². The number of aliphatic carboxylic acids is 1. The smallest absolute Gasteiger partial charge is 0.308 e. The van der Waals surface area contributed by atoms with Crippen molar-refractivity contribution in [1.82, 2.24) is 10.2 Å². The Balaban J connectivity index is 2.65. The fourth-order valence-electron chi connectivity index (χ4n) is 2.00. The van der Waals surface area contributed by atoms with Gasteiger partial charge >= 0.3 is 5.97 Å². The Kier molecular flexibility index (Phi) is 6.51. The summed E-state index contributed by atoms with van der Waals surface area (Å²) in [5.41, 5.74) is 0.936. The predicted molar refractivity (Wildman–Crippen MR) is 91.5 cm³/mol. The number of hydrogen-bond donors (Lipinski definition) is 2. The molecule has 0 fully saturated rings. The Morgan fingerprint density at radius 3 is 2.17 bits per heavy atom. The van der Waals surface area contributed by atoms with Crippen molar-refractivity contribution in [2.24, 2.45) is 11.3 Å². The molecule has 0 saturated carbocycles. The van der Waals surface area contributed by atoms with Crippen molar-refractivity contribution in [2.45, 2.75) is 34.2 Å². The first-order valence-electron chi connectivity index (χ1n) is 7.88. The molecule has 1 atom stereocenters. The van der Waals surface area contributed by atoms with E-state index < -0.39 is 17.3 Å². The summed E-state index contributed by atoms with van der Waals surface area (Å²) in [6.07, 6.45) is 0.